The molecule has 2 N–H and O–H groups in total. The predicted octanol–water partition coefficient (Wildman–Crippen LogP) is 4.39. The Morgan fingerprint density at radius 1 is 1.10 bits per heavy atom. The first kappa shape index (κ1) is 13.4. The number of aromatic amines is 1. The third kappa shape index (κ3) is 2.94. The van der Waals surface area contributed by atoms with Crippen molar-refractivity contribution < 1.29 is 4.39 Å². The summed E-state index contributed by atoms with van der Waals surface area (Å²) in [6, 6.07) is 14.7. The minimum absolute atomic E-state index is 0.0933. The van der Waals surface area contributed by atoms with Crippen molar-refractivity contribution in [3.05, 3.63) is 72.4 Å². The quantitative estimate of drug-likeness (QED) is 0.744. The monoisotopic (exact) mass is 281 g/mol. The van der Waals surface area contributed by atoms with Gasteiger partial charge in [0.2, 0.25) is 0 Å². The first-order valence-corrected chi connectivity index (χ1v) is 6.84. The van der Waals surface area contributed by atoms with E-state index in [0.717, 1.165) is 16.9 Å². The number of imidazole rings is 1. The summed E-state index contributed by atoms with van der Waals surface area (Å²) in [7, 11) is 0. The molecule has 0 saturated carbocycles. The van der Waals surface area contributed by atoms with E-state index < -0.39 is 0 Å². The predicted molar refractivity (Wildman–Crippen MR) is 82.5 cm³/mol. The van der Waals surface area contributed by atoms with Crippen molar-refractivity contribution in [1.82, 2.24) is 9.97 Å². The number of benzene rings is 2. The Kier molecular flexibility index (Phi) is 3.69. The number of halogens is 1. The van der Waals surface area contributed by atoms with E-state index in [1.165, 1.54) is 6.07 Å². The van der Waals surface area contributed by atoms with Crippen LogP contribution in [0.1, 0.15) is 18.5 Å². The van der Waals surface area contributed by atoms with Crippen LogP contribution in [0.3, 0.4) is 0 Å². The molecule has 0 saturated heterocycles. The summed E-state index contributed by atoms with van der Waals surface area (Å²) in [5.41, 5.74) is 3.66. The molecule has 21 heavy (non-hydrogen) atoms. The van der Waals surface area contributed by atoms with Gasteiger partial charge >= 0.3 is 0 Å². The van der Waals surface area contributed by atoms with Gasteiger partial charge in [0.25, 0.3) is 0 Å². The lowest BCUT2D eigenvalue weighted by molar-refractivity contribution is 0.600. The summed E-state index contributed by atoms with van der Waals surface area (Å²) in [4.78, 5) is 7.07. The number of rotatable bonds is 4. The summed E-state index contributed by atoms with van der Waals surface area (Å²) in [6.07, 6.45) is 3.44. The van der Waals surface area contributed by atoms with Crippen LogP contribution in [0.25, 0.3) is 11.3 Å². The molecule has 0 aliphatic carbocycles. The standard InChI is InChI=1S/C17H16FN3/c1-12(15-4-2-3-5-16(15)18)21-14-8-6-13(7-9-14)17-10-19-11-20-17/h2-12,21H,1H3,(H,19,20). The molecular weight excluding hydrogens is 265 g/mol. The van der Waals surface area contributed by atoms with Crippen LogP contribution in [-0.2, 0) is 0 Å². The molecule has 3 rings (SSSR count). The minimum atomic E-state index is -0.188. The van der Waals surface area contributed by atoms with Crippen molar-refractivity contribution in [1.29, 1.82) is 0 Å². The average Bonchev–Trinajstić information content (AvgIpc) is 3.02. The van der Waals surface area contributed by atoms with E-state index in [9.17, 15) is 4.39 Å². The zero-order valence-corrected chi connectivity index (χ0v) is 11.7. The summed E-state index contributed by atoms with van der Waals surface area (Å²) in [6.45, 7) is 1.95. The highest BCUT2D eigenvalue weighted by Gasteiger charge is 2.10. The molecule has 2 aromatic carbocycles. The molecule has 1 atom stereocenters. The highest BCUT2D eigenvalue weighted by Crippen LogP contribution is 2.23. The summed E-state index contributed by atoms with van der Waals surface area (Å²) in [5.74, 6) is -0.188. The van der Waals surface area contributed by atoms with Crippen LogP contribution in [0, 0.1) is 5.82 Å². The SMILES string of the molecule is CC(Nc1ccc(-c2cnc[nH]2)cc1)c1ccccc1F. The largest absolute Gasteiger partial charge is 0.378 e. The highest BCUT2D eigenvalue weighted by molar-refractivity contribution is 5.62. The highest BCUT2D eigenvalue weighted by atomic mass is 19.1. The molecule has 1 heterocycles. The lowest BCUT2D eigenvalue weighted by Crippen LogP contribution is -2.08. The van der Waals surface area contributed by atoms with Crippen molar-refractivity contribution in [3.63, 3.8) is 0 Å². The van der Waals surface area contributed by atoms with Gasteiger partial charge in [-0.1, -0.05) is 30.3 Å². The molecule has 0 fully saturated rings. The first-order valence-electron chi connectivity index (χ1n) is 6.84. The fourth-order valence-corrected chi connectivity index (χ4v) is 2.31. The van der Waals surface area contributed by atoms with E-state index >= 15 is 0 Å². The van der Waals surface area contributed by atoms with Gasteiger partial charge in [0.15, 0.2) is 0 Å². The van der Waals surface area contributed by atoms with Crippen molar-refractivity contribution in [3.8, 4) is 11.3 Å². The van der Waals surface area contributed by atoms with E-state index in [0.29, 0.717) is 5.56 Å². The smallest absolute Gasteiger partial charge is 0.128 e. The van der Waals surface area contributed by atoms with Gasteiger partial charge in [0.05, 0.1) is 24.3 Å². The number of aromatic nitrogens is 2. The zero-order valence-electron chi connectivity index (χ0n) is 11.7. The Labute approximate surface area is 122 Å². The van der Waals surface area contributed by atoms with Gasteiger partial charge in [-0.15, -0.1) is 0 Å². The van der Waals surface area contributed by atoms with E-state index in [1.807, 2.05) is 37.3 Å². The molecule has 0 spiro atoms. The van der Waals surface area contributed by atoms with Gasteiger partial charge in [-0.2, -0.15) is 0 Å². The lowest BCUT2D eigenvalue weighted by Gasteiger charge is -2.16. The fourth-order valence-electron chi connectivity index (χ4n) is 2.31. The molecule has 1 aromatic heterocycles. The van der Waals surface area contributed by atoms with Gasteiger partial charge in [-0.05, 0) is 30.7 Å². The van der Waals surface area contributed by atoms with Crippen LogP contribution in [0.2, 0.25) is 0 Å². The van der Waals surface area contributed by atoms with Crippen LogP contribution in [0.5, 0.6) is 0 Å². The molecule has 0 aliphatic rings. The van der Waals surface area contributed by atoms with E-state index in [4.69, 9.17) is 0 Å². The van der Waals surface area contributed by atoms with Crippen molar-refractivity contribution in [2.75, 3.05) is 5.32 Å². The van der Waals surface area contributed by atoms with Crippen LogP contribution in [0.4, 0.5) is 10.1 Å². The summed E-state index contributed by atoms with van der Waals surface area (Å²) in [5, 5.41) is 3.31. The van der Waals surface area contributed by atoms with Crippen molar-refractivity contribution >= 4 is 5.69 Å². The van der Waals surface area contributed by atoms with E-state index in [1.54, 1.807) is 24.7 Å². The lowest BCUT2D eigenvalue weighted by atomic mass is 10.1. The fraction of sp³-hybridized carbons (Fsp3) is 0.118. The molecule has 4 heteroatoms. The number of H-pyrrole nitrogens is 1. The maximum absolute atomic E-state index is 13.7. The number of hydrogen-bond donors (Lipinski definition) is 2. The second-order valence-corrected chi connectivity index (χ2v) is 4.93. The Bertz CT molecular complexity index is 705. The second-order valence-electron chi connectivity index (χ2n) is 4.93. The Morgan fingerprint density at radius 3 is 2.52 bits per heavy atom. The molecule has 1 unspecified atom stereocenters. The third-order valence-corrected chi connectivity index (χ3v) is 3.45. The van der Waals surface area contributed by atoms with E-state index in [2.05, 4.69) is 15.3 Å². The maximum Gasteiger partial charge on any atom is 0.128 e. The number of anilines is 1. The topological polar surface area (TPSA) is 40.7 Å². The maximum atomic E-state index is 13.7. The molecule has 0 bridgehead atoms. The number of nitrogens with one attached hydrogen (secondary N) is 2. The summed E-state index contributed by atoms with van der Waals surface area (Å²) < 4.78 is 13.7. The van der Waals surface area contributed by atoms with Gasteiger partial charge in [0.1, 0.15) is 5.82 Å². The van der Waals surface area contributed by atoms with Crippen molar-refractivity contribution in [2.24, 2.45) is 0 Å². The molecular formula is C17H16FN3. The Morgan fingerprint density at radius 2 is 1.86 bits per heavy atom. The van der Waals surface area contributed by atoms with Crippen LogP contribution in [0.15, 0.2) is 61.1 Å². The van der Waals surface area contributed by atoms with Crippen LogP contribution in [-0.4, -0.2) is 9.97 Å². The van der Waals surface area contributed by atoms with Crippen molar-refractivity contribution in [2.45, 2.75) is 13.0 Å². The minimum Gasteiger partial charge on any atom is -0.378 e. The molecule has 106 valence electrons. The second kappa shape index (κ2) is 5.79. The zero-order chi connectivity index (χ0) is 14.7. The third-order valence-electron chi connectivity index (χ3n) is 3.45. The molecule has 3 nitrogen and oxygen atoms in total. The number of hydrogen-bond acceptors (Lipinski definition) is 2. The Hall–Kier alpha value is -2.62. The van der Waals surface area contributed by atoms with Gasteiger partial charge in [0, 0.05) is 11.3 Å². The van der Waals surface area contributed by atoms with Crippen LogP contribution < -0.4 is 5.32 Å². The van der Waals surface area contributed by atoms with Gasteiger partial charge < -0.3 is 10.3 Å². The first-order chi connectivity index (χ1) is 10.2. The molecule has 0 radical (unpaired) electrons. The van der Waals surface area contributed by atoms with Gasteiger partial charge in [-0.25, -0.2) is 9.37 Å². The summed E-state index contributed by atoms with van der Waals surface area (Å²) >= 11 is 0. The molecule has 3 aromatic rings. The molecule has 0 amide bonds. The van der Waals surface area contributed by atoms with Crippen LogP contribution >= 0.6 is 0 Å². The number of nitrogens with zero attached hydrogens (tertiary/aromatic N) is 1. The van der Waals surface area contributed by atoms with Gasteiger partial charge in [-0.3, -0.25) is 0 Å². The normalized spacial score (nSPS) is 12.1. The molecule has 0 aliphatic heterocycles. The Balaban J connectivity index is 1.75. The average molecular weight is 281 g/mol. The van der Waals surface area contributed by atoms with E-state index in [-0.39, 0.29) is 11.9 Å².